The van der Waals surface area contributed by atoms with Crippen molar-refractivity contribution < 1.29 is 19.1 Å². The Balaban J connectivity index is 2.15. The second-order valence-corrected chi connectivity index (χ2v) is 6.12. The van der Waals surface area contributed by atoms with E-state index in [4.69, 9.17) is 9.47 Å². The van der Waals surface area contributed by atoms with E-state index in [9.17, 15) is 9.59 Å². The third-order valence-electron chi connectivity index (χ3n) is 3.37. The quantitative estimate of drug-likeness (QED) is 0.756. The number of benzene rings is 2. The van der Waals surface area contributed by atoms with Gasteiger partial charge in [-0.2, -0.15) is 0 Å². The maximum Gasteiger partial charge on any atom is 0.265 e. The number of anilines is 1. The van der Waals surface area contributed by atoms with Crippen LogP contribution in [0, 0.1) is 6.92 Å². The monoisotopic (exact) mass is 391 g/mol. The molecule has 0 spiro atoms. The van der Waals surface area contributed by atoms with Gasteiger partial charge < -0.3 is 14.8 Å². The zero-order valence-corrected chi connectivity index (χ0v) is 15.2. The lowest BCUT2D eigenvalue weighted by molar-refractivity contribution is -0.122. The Hall–Kier alpha value is -2.34. The summed E-state index contributed by atoms with van der Waals surface area (Å²) in [6.45, 7) is 3.58. The molecule has 2 aromatic carbocycles. The van der Waals surface area contributed by atoms with Gasteiger partial charge in [0.1, 0.15) is 0 Å². The molecule has 0 heterocycles. The summed E-state index contributed by atoms with van der Waals surface area (Å²) < 4.78 is 11.5. The summed E-state index contributed by atoms with van der Waals surface area (Å²) in [7, 11) is 1.49. The summed E-state index contributed by atoms with van der Waals surface area (Å²) in [4.78, 5) is 23.4. The lowest BCUT2D eigenvalue weighted by Gasteiger charge is -2.17. The molecule has 0 aliphatic rings. The normalized spacial score (nSPS) is 11.5. The number of aryl methyl sites for hydroxylation is 1. The van der Waals surface area contributed by atoms with E-state index in [1.165, 1.54) is 13.2 Å². The molecule has 0 aliphatic carbocycles. The SMILES string of the molecule is COc1cc(Br)c(C=O)cc1O[C@@H](C)C(=O)Nc1cccc(C)c1. The molecule has 6 heteroatoms. The van der Waals surface area contributed by atoms with E-state index in [0.717, 1.165) is 5.56 Å². The Kier molecular flexibility index (Phi) is 5.98. The van der Waals surface area contributed by atoms with Gasteiger partial charge in [0.2, 0.25) is 0 Å². The Morgan fingerprint density at radius 3 is 2.62 bits per heavy atom. The number of aldehydes is 1. The summed E-state index contributed by atoms with van der Waals surface area (Å²) in [5.41, 5.74) is 2.16. The second kappa shape index (κ2) is 7.97. The van der Waals surface area contributed by atoms with Gasteiger partial charge in [-0.3, -0.25) is 9.59 Å². The fraction of sp³-hybridized carbons (Fsp3) is 0.222. The Labute approximate surface area is 149 Å². The molecule has 1 N–H and O–H groups in total. The van der Waals surface area contributed by atoms with Crippen molar-refractivity contribution >= 4 is 33.8 Å². The molecular weight excluding hydrogens is 374 g/mol. The highest BCUT2D eigenvalue weighted by Crippen LogP contribution is 2.33. The lowest BCUT2D eigenvalue weighted by Crippen LogP contribution is -2.30. The molecule has 1 atom stereocenters. The van der Waals surface area contributed by atoms with Crippen molar-refractivity contribution in [2.24, 2.45) is 0 Å². The van der Waals surface area contributed by atoms with Crippen LogP contribution in [0.4, 0.5) is 5.69 Å². The predicted octanol–water partition coefficient (Wildman–Crippen LogP) is 3.98. The number of hydrogen-bond acceptors (Lipinski definition) is 4. The van der Waals surface area contributed by atoms with Gasteiger partial charge in [-0.15, -0.1) is 0 Å². The highest BCUT2D eigenvalue weighted by atomic mass is 79.9. The van der Waals surface area contributed by atoms with E-state index < -0.39 is 6.10 Å². The van der Waals surface area contributed by atoms with E-state index in [0.29, 0.717) is 33.5 Å². The van der Waals surface area contributed by atoms with Crippen molar-refractivity contribution in [3.05, 3.63) is 52.0 Å². The number of rotatable bonds is 6. The molecule has 24 heavy (non-hydrogen) atoms. The van der Waals surface area contributed by atoms with Crippen LogP contribution in [0.15, 0.2) is 40.9 Å². The molecule has 0 saturated heterocycles. The molecule has 126 valence electrons. The van der Waals surface area contributed by atoms with Gasteiger partial charge >= 0.3 is 0 Å². The number of methoxy groups -OCH3 is 1. The fourth-order valence-electron chi connectivity index (χ4n) is 2.10. The zero-order chi connectivity index (χ0) is 17.7. The average molecular weight is 392 g/mol. The van der Waals surface area contributed by atoms with Gasteiger partial charge in [0, 0.05) is 15.7 Å². The minimum absolute atomic E-state index is 0.293. The smallest absolute Gasteiger partial charge is 0.265 e. The van der Waals surface area contributed by atoms with Gasteiger partial charge in [-0.25, -0.2) is 0 Å². The Bertz CT molecular complexity index is 761. The summed E-state index contributed by atoms with van der Waals surface area (Å²) in [5, 5.41) is 2.80. The van der Waals surface area contributed by atoms with Crippen molar-refractivity contribution in [3.8, 4) is 11.5 Å². The number of hydrogen-bond donors (Lipinski definition) is 1. The number of halogens is 1. The molecule has 0 fully saturated rings. The van der Waals surface area contributed by atoms with Crippen LogP contribution in [0.2, 0.25) is 0 Å². The van der Waals surface area contributed by atoms with Gasteiger partial charge in [0.15, 0.2) is 23.9 Å². The van der Waals surface area contributed by atoms with E-state index in [-0.39, 0.29) is 5.91 Å². The molecule has 0 aromatic heterocycles. The third kappa shape index (κ3) is 4.35. The van der Waals surface area contributed by atoms with Gasteiger partial charge in [-0.05, 0) is 59.6 Å². The van der Waals surface area contributed by atoms with Crippen molar-refractivity contribution in [2.45, 2.75) is 20.0 Å². The highest BCUT2D eigenvalue weighted by molar-refractivity contribution is 9.10. The van der Waals surface area contributed by atoms with Crippen LogP contribution in [0.3, 0.4) is 0 Å². The molecule has 0 saturated carbocycles. The first-order chi connectivity index (χ1) is 11.4. The molecule has 1 amide bonds. The van der Waals surface area contributed by atoms with Crippen LogP contribution in [-0.4, -0.2) is 25.4 Å². The topological polar surface area (TPSA) is 64.6 Å². The van der Waals surface area contributed by atoms with Crippen LogP contribution < -0.4 is 14.8 Å². The third-order valence-corrected chi connectivity index (χ3v) is 4.06. The van der Waals surface area contributed by atoms with Crippen LogP contribution in [0.25, 0.3) is 0 Å². The second-order valence-electron chi connectivity index (χ2n) is 5.26. The molecule has 0 aliphatic heterocycles. The van der Waals surface area contributed by atoms with Gasteiger partial charge in [-0.1, -0.05) is 12.1 Å². The Morgan fingerprint density at radius 1 is 1.25 bits per heavy atom. The van der Waals surface area contributed by atoms with Crippen LogP contribution in [0.1, 0.15) is 22.8 Å². The summed E-state index contributed by atoms with van der Waals surface area (Å²) in [6, 6.07) is 10.7. The summed E-state index contributed by atoms with van der Waals surface area (Å²) in [6.07, 6.45) is -0.0616. The molecule has 0 bridgehead atoms. The number of carbonyl (C=O) groups excluding carboxylic acids is 2. The summed E-state index contributed by atoms with van der Waals surface area (Å²) >= 11 is 3.28. The zero-order valence-electron chi connectivity index (χ0n) is 13.6. The first-order valence-corrected chi connectivity index (χ1v) is 8.10. The number of nitrogens with one attached hydrogen (secondary N) is 1. The van der Waals surface area contributed by atoms with Crippen LogP contribution >= 0.6 is 15.9 Å². The maximum absolute atomic E-state index is 12.3. The van der Waals surface area contributed by atoms with E-state index in [2.05, 4.69) is 21.2 Å². The van der Waals surface area contributed by atoms with E-state index in [1.54, 1.807) is 13.0 Å². The average Bonchev–Trinajstić information content (AvgIpc) is 2.55. The molecule has 0 radical (unpaired) electrons. The number of carbonyl (C=O) groups is 2. The predicted molar refractivity (Wildman–Crippen MR) is 96.0 cm³/mol. The fourth-order valence-corrected chi connectivity index (χ4v) is 2.52. The Morgan fingerprint density at radius 2 is 2.00 bits per heavy atom. The number of amides is 1. The maximum atomic E-state index is 12.3. The van der Waals surface area contributed by atoms with E-state index in [1.807, 2.05) is 31.2 Å². The first-order valence-electron chi connectivity index (χ1n) is 7.31. The molecule has 2 rings (SSSR count). The summed E-state index contributed by atoms with van der Waals surface area (Å²) in [5.74, 6) is 0.468. The van der Waals surface area contributed by atoms with Crippen molar-refractivity contribution in [1.29, 1.82) is 0 Å². The minimum atomic E-state index is -0.764. The molecular formula is C18H18BrNO4. The van der Waals surface area contributed by atoms with Crippen molar-refractivity contribution in [1.82, 2.24) is 0 Å². The minimum Gasteiger partial charge on any atom is -0.493 e. The molecule has 5 nitrogen and oxygen atoms in total. The largest absolute Gasteiger partial charge is 0.493 e. The standard InChI is InChI=1S/C18H18BrNO4/c1-11-5-4-6-14(7-11)20-18(22)12(2)24-17-8-13(10-21)15(19)9-16(17)23-3/h4-10,12H,1-3H3,(H,20,22)/t12-/m0/s1. The highest BCUT2D eigenvalue weighted by Gasteiger charge is 2.18. The van der Waals surface area contributed by atoms with Crippen LogP contribution in [0.5, 0.6) is 11.5 Å². The van der Waals surface area contributed by atoms with E-state index >= 15 is 0 Å². The van der Waals surface area contributed by atoms with Gasteiger partial charge in [0.25, 0.3) is 5.91 Å². The lowest BCUT2D eigenvalue weighted by atomic mass is 10.2. The molecule has 2 aromatic rings. The first kappa shape index (κ1) is 18.0. The van der Waals surface area contributed by atoms with Gasteiger partial charge in [0.05, 0.1) is 7.11 Å². The molecule has 0 unspecified atom stereocenters. The van der Waals surface area contributed by atoms with Crippen LogP contribution in [-0.2, 0) is 4.79 Å². The van der Waals surface area contributed by atoms with Crippen molar-refractivity contribution in [2.75, 3.05) is 12.4 Å². The number of ether oxygens (including phenoxy) is 2. The van der Waals surface area contributed by atoms with Crippen molar-refractivity contribution in [3.63, 3.8) is 0 Å².